The lowest BCUT2D eigenvalue weighted by Gasteiger charge is -2.58. The van der Waals surface area contributed by atoms with E-state index in [1.165, 1.54) is 0 Å². The SMILES string of the molecule is CCCN1C(Cc2ccccc2)C(=O)N2[C@@H](Cc3ccccc3)C(=O)N(Cc3cccc4[nH]nnc34)C[C@@H]2N1CC. The van der Waals surface area contributed by atoms with E-state index in [-0.39, 0.29) is 24.0 Å². The summed E-state index contributed by atoms with van der Waals surface area (Å²) in [5.74, 6) is 0.00180. The number of likely N-dealkylation sites (N-methyl/N-ethyl adjacent to an activating group) is 1. The Balaban J connectivity index is 1.39. The number of aromatic amines is 1. The molecule has 0 spiro atoms. The second-order valence-electron chi connectivity index (χ2n) is 10.9. The van der Waals surface area contributed by atoms with Gasteiger partial charge in [-0.3, -0.25) is 14.7 Å². The van der Waals surface area contributed by atoms with Crippen LogP contribution in [0.5, 0.6) is 0 Å². The molecular weight excluding hydrogens is 514 g/mol. The summed E-state index contributed by atoms with van der Waals surface area (Å²) in [7, 11) is 0. The molecule has 212 valence electrons. The number of hydrogen-bond acceptors (Lipinski definition) is 6. The van der Waals surface area contributed by atoms with Gasteiger partial charge in [0.05, 0.1) is 12.1 Å². The fourth-order valence-corrected chi connectivity index (χ4v) is 6.46. The van der Waals surface area contributed by atoms with Gasteiger partial charge in [0.1, 0.15) is 23.8 Å². The molecule has 2 fully saturated rings. The van der Waals surface area contributed by atoms with Gasteiger partial charge in [-0.2, -0.15) is 0 Å². The number of rotatable bonds is 9. The number of aromatic nitrogens is 3. The van der Waals surface area contributed by atoms with Crippen molar-refractivity contribution in [3.05, 3.63) is 95.6 Å². The number of piperazine rings is 1. The molecule has 1 aromatic heterocycles. The average molecular weight is 552 g/mol. The number of amides is 2. The number of benzene rings is 3. The lowest BCUT2D eigenvalue weighted by Crippen LogP contribution is -2.77. The minimum atomic E-state index is -0.601. The van der Waals surface area contributed by atoms with Crippen LogP contribution in [0.2, 0.25) is 0 Å². The van der Waals surface area contributed by atoms with E-state index in [1.54, 1.807) is 0 Å². The number of nitrogens with one attached hydrogen (secondary N) is 1. The average Bonchev–Trinajstić information content (AvgIpc) is 3.49. The van der Waals surface area contributed by atoms with E-state index in [9.17, 15) is 9.59 Å². The van der Waals surface area contributed by atoms with Gasteiger partial charge in [-0.15, -0.1) is 5.10 Å². The van der Waals surface area contributed by atoms with Crippen LogP contribution in [0.4, 0.5) is 0 Å². The van der Waals surface area contributed by atoms with Crippen LogP contribution in [0.15, 0.2) is 78.9 Å². The quantitative estimate of drug-likeness (QED) is 0.342. The highest BCUT2D eigenvalue weighted by Gasteiger charge is 2.52. The summed E-state index contributed by atoms with van der Waals surface area (Å²) < 4.78 is 0. The molecule has 3 atom stereocenters. The van der Waals surface area contributed by atoms with Gasteiger partial charge in [-0.1, -0.05) is 91.9 Å². The van der Waals surface area contributed by atoms with Gasteiger partial charge < -0.3 is 9.80 Å². The van der Waals surface area contributed by atoms with E-state index >= 15 is 0 Å². The van der Waals surface area contributed by atoms with E-state index in [1.807, 2.05) is 76.5 Å². The fraction of sp³-hybridized carbons (Fsp3) is 0.375. The maximum Gasteiger partial charge on any atom is 0.246 e. The molecule has 41 heavy (non-hydrogen) atoms. The van der Waals surface area contributed by atoms with E-state index in [0.717, 1.165) is 47.2 Å². The molecule has 9 heteroatoms. The summed E-state index contributed by atoms with van der Waals surface area (Å²) in [6.07, 6.45) is 1.74. The zero-order valence-electron chi connectivity index (χ0n) is 23.7. The van der Waals surface area contributed by atoms with Crippen LogP contribution in [0.25, 0.3) is 11.0 Å². The van der Waals surface area contributed by atoms with Gasteiger partial charge in [-0.25, -0.2) is 10.0 Å². The van der Waals surface area contributed by atoms with E-state index in [4.69, 9.17) is 0 Å². The summed E-state index contributed by atoms with van der Waals surface area (Å²) in [5.41, 5.74) is 4.71. The Morgan fingerprint density at radius 1 is 0.805 bits per heavy atom. The minimum absolute atomic E-state index is 0.0302. The highest BCUT2D eigenvalue weighted by atomic mass is 16.2. The maximum atomic E-state index is 14.5. The smallest absolute Gasteiger partial charge is 0.246 e. The normalized spacial score (nSPS) is 22.0. The van der Waals surface area contributed by atoms with Crippen LogP contribution in [-0.4, -0.2) is 84.9 Å². The monoisotopic (exact) mass is 551 g/mol. The standard InChI is InChI=1S/C32H37N7O2/c1-3-18-38-27(19-23-12-7-5-8-13-23)32(41)39-28(20-24-14-9-6-10-15-24)31(40)36(22-29(39)37(38)4-2)21-25-16-11-17-26-30(25)34-35-33-26/h5-17,27-29H,3-4,18-22H2,1-2H3,(H,33,34,35)/t27?,28-,29+/m0/s1. The van der Waals surface area contributed by atoms with E-state index in [2.05, 4.69) is 51.4 Å². The highest BCUT2D eigenvalue weighted by molar-refractivity contribution is 5.92. The number of carbonyl (C=O) groups is 2. The molecule has 2 aliphatic heterocycles. The Labute approximate surface area is 240 Å². The molecule has 4 aromatic rings. The molecule has 0 bridgehead atoms. The molecule has 1 N–H and O–H groups in total. The van der Waals surface area contributed by atoms with Crippen molar-refractivity contribution in [2.75, 3.05) is 19.6 Å². The Morgan fingerprint density at radius 3 is 2.15 bits per heavy atom. The van der Waals surface area contributed by atoms with Crippen molar-refractivity contribution in [3.63, 3.8) is 0 Å². The van der Waals surface area contributed by atoms with Crippen LogP contribution in [0.3, 0.4) is 0 Å². The molecule has 0 radical (unpaired) electrons. The molecule has 1 unspecified atom stereocenters. The summed E-state index contributed by atoms with van der Waals surface area (Å²) >= 11 is 0. The van der Waals surface area contributed by atoms with E-state index < -0.39 is 6.04 Å². The number of carbonyl (C=O) groups excluding carboxylic acids is 2. The predicted octanol–water partition coefficient (Wildman–Crippen LogP) is 3.64. The first-order valence-electron chi connectivity index (χ1n) is 14.6. The number of nitrogens with zero attached hydrogens (tertiary/aromatic N) is 6. The third kappa shape index (κ3) is 5.23. The molecular formula is C32H37N7O2. The van der Waals surface area contributed by atoms with Crippen molar-refractivity contribution in [2.45, 2.75) is 57.9 Å². The van der Waals surface area contributed by atoms with Gasteiger partial charge in [0.25, 0.3) is 0 Å². The van der Waals surface area contributed by atoms with Crippen molar-refractivity contribution < 1.29 is 9.59 Å². The van der Waals surface area contributed by atoms with Gasteiger partial charge >= 0.3 is 0 Å². The van der Waals surface area contributed by atoms with Crippen molar-refractivity contribution in [2.24, 2.45) is 0 Å². The molecule has 2 saturated heterocycles. The van der Waals surface area contributed by atoms with Crippen molar-refractivity contribution >= 4 is 22.8 Å². The molecule has 3 heterocycles. The lowest BCUT2D eigenvalue weighted by atomic mass is 9.95. The van der Waals surface area contributed by atoms with Gasteiger partial charge in [0.15, 0.2) is 0 Å². The van der Waals surface area contributed by atoms with Gasteiger partial charge in [-0.05, 0) is 30.0 Å². The summed E-state index contributed by atoms with van der Waals surface area (Å²) in [5, 5.41) is 15.8. The first-order valence-corrected chi connectivity index (χ1v) is 14.6. The van der Waals surface area contributed by atoms with Crippen molar-refractivity contribution in [1.82, 2.24) is 35.2 Å². The lowest BCUT2D eigenvalue weighted by molar-refractivity contribution is -0.216. The second kappa shape index (κ2) is 11.8. The molecule has 0 saturated carbocycles. The zero-order valence-corrected chi connectivity index (χ0v) is 23.7. The second-order valence-corrected chi connectivity index (χ2v) is 10.9. The Bertz CT molecular complexity index is 1490. The van der Waals surface area contributed by atoms with Crippen LogP contribution < -0.4 is 0 Å². The molecule has 6 rings (SSSR count). The zero-order chi connectivity index (χ0) is 28.3. The first-order chi connectivity index (χ1) is 20.1. The Kier molecular flexibility index (Phi) is 7.80. The largest absolute Gasteiger partial charge is 0.333 e. The topological polar surface area (TPSA) is 88.7 Å². The van der Waals surface area contributed by atoms with Crippen molar-refractivity contribution in [1.29, 1.82) is 0 Å². The van der Waals surface area contributed by atoms with Gasteiger partial charge in [0.2, 0.25) is 11.8 Å². The van der Waals surface area contributed by atoms with Crippen LogP contribution in [-0.2, 0) is 29.0 Å². The van der Waals surface area contributed by atoms with Gasteiger partial charge in [0, 0.05) is 31.6 Å². The molecule has 2 amide bonds. The maximum absolute atomic E-state index is 14.5. The molecule has 3 aromatic carbocycles. The molecule has 0 aliphatic carbocycles. The minimum Gasteiger partial charge on any atom is -0.333 e. The number of fused-ring (bicyclic) bond motifs is 2. The third-order valence-electron chi connectivity index (χ3n) is 8.33. The Hall–Kier alpha value is -4.08. The summed E-state index contributed by atoms with van der Waals surface area (Å²) in [6.45, 7) is 6.63. The molecule has 9 nitrogen and oxygen atoms in total. The third-order valence-corrected chi connectivity index (χ3v) is 8.33. The van der Waals surface area contributed by atoms with E-state index in [0.29, 0.717) is 25.9 Å². The highest BCUT2D eigenvalue weighted by Crippen LogP contribution is 2.33. The van der Waals surface area contributed by atoms with Crippen LogP contribution >= 0.6 is 0 Å². The predicted molar refractivity (Wildman–Crippen MR) is 157 cm³/mol. The Morgan fingerprint density at radius 2 is 1.49 bits per heavy atom. The number of H-pyrrole nitrogens is 1. The molecule has 2 aliphatic rings. The first kappa shape index (κ1) is 27.1. The van der Waals surface area contributed by atoms with Crippen LogP contribution in [0.1, 0.15) is 37.0 Å². The fourth-order valence-electron chi connectivity index (χ4n) is 6.46. The summed E-state index contributed by atoms with van der Waals surface area (Å²) in [4.78, 5) is 32.7. The number of hydrazine groups is 1. The number of hydrogen-bond donors (Lipinski definition) is 1. The summed E-state index contributed by atoms with van der Waals surface area (Å²) in [6, 6.07) is 25.1. The van der Waals surface area contributed by atoms with Crippen LogP contribution in [0, 0.1) is 0 Å². The van der Waals surface area contributed by atoms with Crippen molar-refractivity contribution in [3.8, 4) is 0 Å².